The quantitative estimate of drug-likeness (QED) is 0.715. The number of hydrogen-bond donors (Lipinski definition) is 1. The van der Waals surface area contributed by atoms with E-state index in [1.807, 2.05) is 0 Å². The van der Waals surface area contributed by atoms with Gasteiger partial charge in [-0.3, -0.25) is 4.79 Å². The van der Waals surface area contributed by atoms with Gasteiger partial charge in [-0.05, 0) is 19.4 Å². The molecule has 0 bridgehead atoms. The largest absolute Gasteiger partial charge is 0.316 e. The highest BCUT2D eigenvalue weighted by Gasteiger charge is 2.30. The van der Waals surface area contributed by atoms with Crippen LogP contribution in [0.4, 0.5) is 0 Å². The molecular formula is C8H10ClNO3S. The van der Waals surface area contributed by atoms with E-state index in [0.29, 0.717) is 0 Å². The number of ketones is 1. The average molecular weight is 236 g/mol. The lowest BCUT2D eigenvalue weighted by atomic mass is 9.89. The molecule has 0 aromatic rings. The van der Waals surface area contributed by atoms with Gasteiger partial charge in [0.1, 0.15) is 0 Å². The van der Waals surface area contributed by atoms with Crippen LogP contribution in [0.5, 0.6) is 0 Å². The molecule has 78 valence electrons. The van der Waals surface area contributed by atoms with Crippen LogP contribution in [0.15, 0.2) is 23.1 Å². The molecule has 1 atom stereocenters. The number of rotatable bonds is 2. The van der Waals surface area contributed by atoms with Crippen molar-refractivity contribution in [3.05, 3.63) is 23.1 Å². The highest BCUT2D eigenvalue weighted by atomic mass is 35.7. The molecule has 1 aliphatic carbocycles. The summed E-state index contributed by atoms with van der Waals surface area (Å²) in [5, 5.41) is 0. The third-order valence-corrected chi connectivity index (χ3v) is 3.52. The lowest BCUT2D eigenvalue weighted by Crippen LogP contribution is -2.45. The Hall–Kier alpha value is -0.650. The maximum Gasteiger partial charge on any atom is 0.260 e. The molecule has 0 amide bonds. The normalized spacial score (nSPS) is 27.2. The second-order valence-electron chi connectivity index (χ2n) is 3.18. The van der Waals surface area contributed by atoms with Gasteiger partial charge in [0.05, 0.1) is 10.4 Å². The minimum atomic E-state index is -3.72. The Morgan fingerprint density at radius 1 is 1.64 bits per heavy atom. The molecule has 0 aromatic carbocycles. The molecule has 0 fully saturated rings. The number of hydrogen-bond acceptors (Lipinski definition) is 4. The number of nitrogens with two attached hydrogens (primary N) is 1. The highest BCUT2D eigenvalue weighted by molar-refractivity contribution is 8.17. The summed E-state index contributed by atoms with van der Waals surface area (Å²) < 4.78 is 21.8. The van der Waals surface area contributed by atoms with Gasteiger partial charge in [0, 0.05) is 10.7 Å². The average Bonchev–Trinajstić information content (AvgIpc) is 2.03. The Morgan fingerprint density at radius 3 is 2.50 bits per heavy atom. The topological polar surface area (TPSA) is 77.2 Å². The van der Waals surface area contributed by atoms with Crippen molar-refractivity contribution in [1.29, 1.82) is 0 Å². The van der Waals surface area contributed by atoms with Crippen molar-refractivity contribution < 1.29 is 13.2 Å². The molecule has 1 unspecified atom stereocenters. The Balaban J connectivity index is 2.98. The van der Waals surface area contributed by atoms with Crippen molar-refractivity contribution in [3.63, 3.8) is 0 Å². The van der Waals surface area contributed by atoms with Gasteiger partial charge in [-0.2, -0.15) is 0 Å². The van der Waals surface area contributed by atoms with Crippen molar-refractivity contribution in [2.24, 2.45) is 5.73 Å². The fourth-order valence-electron chi connectivity index (χ4n) is 1.08. The van der Waals surface area contributed by atoms with Crippen LogP contribution in [0.2, 0.25) is 0 Å². The molecule has 0 saturated heterocycles. The van der Waals surface area contributed by atoms with E-state index in [-0.39, 0.29) is 17.1 Å². The zero-order chi connectivity index (χ0) is 11.0. The standard InChI is InChI=1S/C8H10ClNO3S/c1-6(11)8(10)4-2-7(3-5-8)14(9,12)13/h2-4H,5,10H2,1H3. The molecule has 2 N–H and O–H groups in total. The maximum atomic E-state index is 11.1. The van der Waals surface area contributed by atoms with Gasteiger partial charge in [-0.25, -0.2) is 8.42 Å². The SMILES string of the molecule is CC(=O)C1(N)C=CC(S(=O)(=O)Cl)=CC1. The molecule has 14 heavy (non-hydrogen) atoms. The monoisotopic (exact) mass is 235 g/mol. The molecule has 6 heteroatoms. The van der Waals surface area contributed by atoms with Gasteiger partial charge in [0.2, 0.25) is 0 Å². The van der Waals surface area contributed by atoms with Gasteiger partial charge in [-0.1, -0.05) is 12.2 Å². The number of carbonyl (C=O) groups is 1. The summed E-state index contributed by atoms with van der Waals surface area (Å²) in [6.07, 6.45) is 4.13. The first-order valence-corrected chi connectivity index (χ1v) is 6.21. The molecule has 4 nitrogen and oxygen atoms in total. The van der Waals surface area contributed by atoms with E-state index >= 15 is 0 Å². The van der Waals surface area contributed by atoms with Crippen LogP contribution in [0, 0.1) is 0 Å². The van der Waals surface area contributed by atoms with Gasteiger partial charge in [0.25, 0.3) is 9.05 Å². The van der Waals surface area contributed by atoms with Crippen LogP contribution >= 0.6 is 10.7 Å². The lowest BCUT2D eigenvalue weighted by Gasteiger charge is -2.23. The Bertz CT molecular complexity index is 424. The van der Waals surface area contributed by atoms with E-state index in [9.17, 15) is 13.2 Å². The van der Waals surface area contributed by atoms with Crippen LogP contribution in [-0.2, 0) is 13.8 Å². The molecule has 1 aliphatic rings. The minimum Gasteiger partial charge on any atom is -0.316 e. The van der Waals surface area contributed by atoms with Crippen LogP contribution in [0.1, 0.15) is 13.3 Å². The maximum absolute atomic E-state index is 11.1. The third-order valence-electron chi connectivity index (χ3n) is 2.12. The van der Waals surface area contributed by atoms with Crippen molar-refractivity contribution in [1.82, 2.24) is 0 Å². The van der Waals surface area contributed by atoms with Gasteiger partial charge < -0.3 is 5.73 Å². The smallest absolute Gasteiger partial charge is 0.260 e. The highest BCUT2D eigenvalue weighted by Crippen LogP contribution is 2.24. The fraction of sp³-hybridized carbons (Fsp3) is 0.375. The first kappa shape index (κ1) is 11.4. The zero-order valence-electron chi connectivity index (χ0n) is 7.53. The molecule has 0 radical (unpaired) electrons. The van der Waals surface area contributed by atoms with Crippen LogP contribution in [0.3, 0.4) is 0 Å². The summed E-state index contributed by atoms with van der Waals surface area (Å²) in [5.41, 5.74) is 4.60. The molecule has 0 aliphatic heterocycles. The summed E-state index contributed by atoms with van der Waals surface area (Å²) in [5.74, 6) is -0.212. The molecular weight excluding hydrogens is 226 g/mol. The van der Waals surface area contributed by atoms with E-state index in [1.165, 1.54) is 25.2 Å². The lowest BCUT2D eigenvalue weighted by molar-refractivity contribution is -0.120. The van der Waals surface area contributed by atoms with E-state index in [2.05, 4.69) is 0 Å². The summed E-state index contributed by atoms with van der Waals surface area (Å²) in [6, 6.07) is 0. The van der Waals surface area contributed by atoms with Crippen molar-refractivity contribution in [2.75, 3.05) is 0 Å². The molecule has 0 spiro atoms. The Kier molecular flexibility index (Phi) is 2.85. The first-order chi connectivity index (χ1) is 6.26. The number of halogens is 1. The van der Waals surface area contributed by atoms with Crippen molar-refractivity contribution in [3.8, 4) is 0 Å². The summed E-state index contributed by atoms with van der Waals surface area (Å²) in [7, 11) is 1.39. The second kappa shape index (κ2) is 3.49. The zero-order valence-corrected chi connectivity index (χ0v) is 9.10. The van der Waals surface area contributed by atoms with E-state index in [0.717, 1.165) is 0 Å². The fourth-order valence-corrected chi connectivity index (χ4v) is 1.93. The number of allylic oxidation sites excluding steroid dienone is 1. The van der Waals surface area contributed by atoms with Crippen molar-refractivity contribution >= 4 is 25.5 Å². The third kappa shape index (κ3) is 2.23. The van der Waals surface area contributed by atoms with Crippen LogP contribution < -0.4 is 5.73 Å². The summed E-state index contributed by atoms with van der Waals surface area (Å²) >= 11 is 0. The van der Waals surface area contributed by atoms with Gasteiger partial charge >= 0.3 is 0 Å². The predicted molar refractivity (Wildman–Crippen MR) is 54.2 cm³/mol. The molecule has 0 saturated carbocycles. The summed E-state index contributed by atoms with van der Waals surface area (Å²) in [4.78, 5) is 11.1. The molecule has 0 heterocycles. The van der Waals surface area contributed by atoms with Gasteiger partial charge in [-0.15, -0.1) is 0 Å². The molecule has 1 rings (SSSR count). The van der Waals surface area contributed by atoms with Crippen LogP contribution in [0.25, 0.3) is 0 Å². The predicted octanol–water partition coefficient (Wildman–Crippen LogP) is 0.685. The molecule has 0 aromatic heterocycles. The first-order valence-electron chi connectivity index (χ1n) is 3.90. The minimum absolute atomic E-state index is 0.0125. The van der Waals surface area contributed by atoms with Crippen molar-refractivity contribution in [2.45, 2.75) is 18.9 Å². The number of Topliss-reactive ketones (excluding diaryl/α,β-unsaturated/α-hetero) is 1. The number of carbonyl (C=O) groups excluding carboxylic acids is 1. The summed E-state index contributed by atoms with van der Waals surface area (Å²) in [6.45, 7) is 1.36. The van der Waals surface area contributed by atoms with E-state index in [4.69, 9.17) is 16.4 Å². The van der Waals surface area contributed by atoms with Crippen LogP contribution in [-0.4, -0.2) is 19.7 Å². The van der Waals surface area contributed by atoms with E-state index in [1.54, 1.807) is 0 Å². The Labute approximate surface area is 86.8 Å². The van der Waals surface area contributed by atoms with E-state index < -0.39 is 14.6 Å². The van der Waals surface area contributed by atoms with Gasteiger partial charge in [0.15, 0.2) is 5.78 Å². The second-order valence-corrected chi connectivity index (χ2v) is 5.74. The Morgan fingerprint density at radius 2 is 2.21 bits per heavy atom.